The number of sulfonamides is 1. The lowest BCUT2D eigenvalue weighted by Crippen LogP contribution is -2.34. The van der Waals surface area contributed by atoms with E-state index < -0.39 is 10.0 Å². The molecular weight excluding hydrogens is 312 g/mol. The van der Waals surface area contributed by atoms with Crippen molar-refractivity contribution in [1.82, 2.24) is 9.62 Å². The van der Waals surface area contributed by atoms with Crippen LogP contribution in [-0.4, -0.2) is 46.6 Å². The van der Waals surface area contributed by atoms with Gasteiger partial charge in [0.2, 0.25) is 10.0 Å². The van der Waals surface area contributed by atoms with Crippen LogP contribution in [0.1, 0.15) is 5.56 Å². The third-order valence-corrected chi connectivity index (χ3v) is 5.22. The van der Waals surface area contributed by atoms with Gasteiger partial charge >= 0.3 is 0 Å². The molecule has 0 aromatic heterocycles. The number of benzene rings is 1. The normalized spacial score (nSPS) is 11.8. The summed E-state index contributed by atoms with van der Waals surface area (Å²) >= 11 is 6.08. The summed E-state index contributed by atoms with van der Waals surface area (Å²) in [5.74, 6) is 0. The van der Waals surface area contributed by atoms with E-state index in [9.17, 15) is 8.42 Å². The molecule has 1 aromatic carbocycles. The number of nitrogens with zero attached hydrogens (tertiary/aromatic N) is 1. The minimum atomic E-state index is -3.68. The molecule has 0 aliphatic heterocycles. The van der Waals surface area contributed by atoms with Gasteiger partial charge in [-0.05, 0) is 24.7 Å². The monoisotopic (exact) mass is 332 g/mol. The van der Waals surface area contributed by atoms with Gasteiger partial charge in [-0.3, -0.25) is 0 Å². The quantitative estimate of drug-likeness (QED) is 0.701. The van der Waals surface area contributed by atoms with E-state index in [4.69, 9.17) is 16.3 Å². The largest absolute Gasteiger partial charge is 0.383 e. The molecule has 21 heavy (non-hydrogen) atoms. The average molecular weight is 333 g/mol. The second kappa shape index (κ2) is 8.51. The summed E-state index contributed by atoms with van der Waals surface area (Å²) in [5.41, 5.74) is 0.853. The van der Waals surface area contributed by atoms with Crippen LogP contribution in [-0.2, 0) is 21.3 Å². The second-order valence-electron chi connectivity index (χ2n) is 4.44. The van der Waals surface area contributed by atoms with Crippen molar-refractivity contribution in [3.05, 3.63) is 41.4 Å². The van der Waals surface area contributed by atoms with Gasteiger partial charge < -0.3 is 10.1 Å². The maximum Gasteiger partial charge on any atom is 0.244 e. The summed E-state index contributed by atoms with van der Waals surface area (Å²) in [6.07, 6.45) is 1.54. The fraction of sp³-hybridized carbons (Fsp3) is 0.429. The smallest absolute Gasteiger partial charge is 0.244 e. The van der Waals surface area contributed by atoms with Crippen LogP contribution in [0.25, 0.3) is 0 Å². The van der Waals surface area contributed by atoms with Gasteiger partial charge in [-0.15, -0.1) is 6.58 Å². The molecule has 0 atom stereocenters. The highest BCUT2D eigenvalue weighted by atomic mass is 35.5. The highest BCUT2D eigenvalue weighted by Crippen LogP contribution is 2.26. The van der Waals surface area contributed by atoms with Crippen LogP contribution in [0.15, 0.2) is 35.7 Å². The Balaban J connectivity index is 3.19. The van der Waals surface area contributed by atoms with E-state index in [1.807, 2.05) is 0 Å². The lowest BCUT2D eigenvalue weighted by atomic mass is 10.2. The van der Waals surface area contributed by atoms with Crippen LogP contribution in [0.2, 0.25) is 5.02 Å². The predicted molar refractivity (Wildman–Crippen MR) is 85.0 cm³/mol. The minimum Gasteiger partial charge on any atom is -0.383 e. The van der Waals surface area contributed by atoms with Crippen molar-refractivity contribution in [3.63, 3.8) is 0 Å². The summed E-state index contributed by atoms with van der Waals surface area (Å²) < 4.78 is 31.7. The SMILES string of the molecule is C=CCN(CCOC)S(=O)(=O)c1cc(CNC)ccc1Cl. The van der Waals surface area contributed by atoms with Crippen molar-refractivity contribution < 1.29 is 13.2 Å². The zero-order chi connectivity index (χ0) is 15.9. The fourth-order valence-electron chi connectivity index (χ4n) is 1.85. The highest BCUT2D eigenvalue weighted by Gasteiger charge is 2.26. The highest BCUT2D eigenvalue weighted by molar-refractivity contribution is 7.89. The number of hydrogen-bond donors (Lipinski definition) is 1. The van der Waals surface area contributed by atoms with E-state index in [0.29, 0.717) is 13.2 Å². The Morgan fingerprint density at radius 3 is 2.76 bits per heavy atom. The summed E-state index contributed by atoms with van der Waals surface area (Å²) in [5, 5.41) is 3.19. The molecule has 0 saturated heterocycles. The lowest BCUT2D eigenvalue weighted by Gasteiger charge is -2.21. The molecule has 5 nitrogen and oxygen atoms in total. The first kappa shape index (κ1) is 18.1. The van der Waals surface area contributed by atoms with Crippen molar-refractivity contribution >= 4 is 21.6 Å². The molecule has 0 radical (unpaired) electrons. The van der Waals surface area contributed by atoms with E-state index in [0.717, 1.165) is 5.56 Å². The van der Waals surface area contributed by atoms with Gasteiger partial charge in [-0.1, -0.05) is 23.7 Å². The van der Waals surface area contributed by atoms with Crippen molar-refractivity contribution in [2.75, 3.05) is 33.9 Å². The molecule has 0 aliphatic carbocycles. The van der Waals surface area contributed by atoms with E-state index in [-0.39, 0.29) is 23.0 Å². The van der Waals surface area contributed by atoms with Crippen LogP contribution in [0.4, 0.5) is 0 Å². The van der Waals surface area contributed by atoms with Crippen LogP contribution >= 0.6 is 11.6 Å². The molecule has 0 spiro atoms. The summed E-state index contributed by atoms with van der Waals surface area (Å²) in [7, 11) is -0.361. The van der Waals surface area contributed by atoms with Crippen LogP contribution in [0.5, 0.6) is 0 Å². The maximum atomic E-state index is 12.7. The van der Waals surface area contributed by atoms with Crippen molar-refractivity contribution in [3.8, 4) is 0 Å². The van der Waals surface area contributed by atoms with Crippen molar-refractivity contribution in [2.45, 2.75) is 11.4 Å². The second-order valence-corrected chi connectivity index (χ2v) is 6.75. The van der Waals surface area contributed by atoms with E-state index in [1.165, 1.54) is 11.4 Å². The third kappa shape index (κ3) is 4.79. The maximum absolute atomic E-state index is 12.7. The van der Waals surface area contributed by atoms with Gasteiger partial charge in [-0.2, -0.15) is 4.31 Å². The van der Waals surface area contributed by atoms with Gasteiger partial charge in [0.1, 0.15) is 4.90 Å². The molecular formula is C14H21ClN2O3S. The fourth-order valence-corrected chi connectivity index (χ4v) is 3.76. The molecule has 0 unspecified atom stereocenters. The molecule has 1 N–H and O–H groups in total. The van der Waals surface area contributed by atoms with Crippen LogP contribution in [0.3, 0.4) is 0 Å². The topological polar surface area (TPSA) is 58.6 Å². The van der Waals surface area contributed by atoms with Gasteiger partial charge in [0.25, 0.3) is 0 Å². The Bertz CT molecular complexity index is 576. The summed E-state index contributed by atoms with van der Waals surface area (Å²) in [6.45, 7) is 4.92. The molecule has 118 valence electrons. The lowest BCUT2D eigenvalue weighted by molar-refractivity contribution is 0.182. The van der Waals surface area contributed by atoms with Gasteiger partial charge in [0, 0.05) is 26.7 Å². The van der Waals surface area contributed by atoms with E-state index in [1.54, 1.807) is 31.3 Å². The van der Waals surface area contributed by atoms with E-state index in [2.05, 4.69) is 11.9 Å². The molecule has 0 bridgehead atoms. The number of hydrogen-bond acceptors (Lipinski definition) is 4. The summed E-state index contributed by atoms with van der Waals surface area (Å²) in [6, 6.07) is 4.99. The standard InChI is InChI=1S/C14H21ClN2O3S/c1-4-7-17(8-9-20-3)21(18,19)14-10-12(11-16-2)5-6-13(14)15/h4-6,10,16H,1,7-9,11H2,2-3H3. The Hall–Kier alpha value is -0.920. The number of rotatable bonds is 9. The Morgan fingerprint density at radius 2 is 2.19 bits per heavy atom. The molecule has 0 amide bonds. The molecule has 1 rings (SSSR count). The number of halogens is 1. The minimum absolute atomic E-state index is 0.106. The van der Waals surface area contributed by atoms with Crippen LogP contribution in [0, 0.1) is 0 Å². The zero-order valence-electron chi connectivity index (χ0n) is 12.3. The van der Waals surface area contributed by atoms with Crippen LogP contribution < -0.4 is 5.32 Å². The summed E-state index contributed by atoms with van der Waals surface area (Å²) in [4.78, 5) is 0.106. The number of ether oxygens (including phenoxy) is 1. The zero-order valence-corrected chi connectivity index (χ0v) is 13.9. The van der Waals surface area contributed by atoms with Gasteiger partial charge in [0.05, 0.1) is 11.6 Å². The van der Waals surface area contributed by atoms with Crippen molar-refractivity contribution in [2.24, 2.45) is 0 Å². The van der Waals surface area contributed by atoms with Gasteiger partial charge in [-0.25, -0.2) is 8.42 Å². The van der Waals surface area contributed by atoms with Gasteiger partial charge in [0.15, 0.2) is 0 Å². The molecule has 0 aliphatic rings. The molecule has 0 saturated carbocycles. The molecule has 1 aromatic rings. The first-order chi connectivity index (χ1) is 9.97. The molecule has 7 heteroatoms. The first-order valence-corrected chi connectivity index (χ1v) is 8.32. The Morgan fingerprint density at radius 1 is 1.48 bits per heavy atom. The predicted octanol–water partition coefficient (Wildman–Crippen LogP) is 1.88. The average Bonchev–Trinajstić information content (AvgIpc) is 2.45. The number of nitrogens with one attached hydrogen (secondary N) is 1. The van der Waals surface area contributed by atoms with E-state index >= 15 is 0 Å². The number of methoxy groups -OCH3 is 1. The first-order valence-electron chi connectivity index (χ1n) is 6.50. The Kier molecular flexibility index (Phi) is 7.34. The third-order valence-electron chi connectivity index (χ3n) is 2.87. The van der Waals surface area contributed by atoms with Crippen molar-refractivity contribution in [1.29, 1.82) is 0 Å². The Labute approximate surface area is 131 Å². The molecule has 0 fully saturated rings. The molecule has 0 heterocycles.